The first-order valence-corrected chi connectivity index (χ1v) is 11.8. The standard InChI is InChI=1S/C25H22N2O6S2/c1-13-14(2)26(16-8-6-5-7-9-16)23(29)20(13)27-22(28)18(35-25(27)34)12-15-10-11-17(32-3)21(33-4)19(15)24(30)31/h5-12,14H,1-4H3,(H,30,31)/b18-12-. The maximum absolute atomic E-state index is 13.4. The largest absolute Gasteiger partial charge is 0.493 e. The lowest BCUT2D eigenvalue weighted by Gasteiger charge is -2.23. The van der Waals surface area contributed by atoms with Gasteiger partial charge in [-0.05, 0) is 49.3 Å². The van der Waals surface area contributed by atoms with Crippen LogP contribution in [0.5, 0.6) is 11.5 Å². The van der Waals surface area contributed by atoms with Crippen molar-refractivity contribution in [2.75, 3.05) is 19.1 Å². The second kappa shape index (κ2) is 9.55. The topological polar surface area (TPSA) is 96.4 Å². The van der Waals surface area contributed by atoms with E-state index in [0.717, 1.165) is 17.4 Å². The number of amides is 2. The predicted molar refractivity (Wildman–Crippen MR) is 138 cm³/mol. The van der Waals surface area contributed by atoms with Gasteiger partial charge in [-0.2, -0.15) is 0 Å². The van der Waals surface area contributed by atoms with Crippen molar-refractivity contribution in [3.63, 3.8) is 0 Å². The summed E-state index contributed by atoms with van der Waals surface area (Å²) in [6, 6.07) is 12.0. The Bertz CT molecular complexity index is 1320. The van der Waals surface area contributed by atoms with E-state index in [1.807, 2.05) is 37.3 Å². The molecule has 2 amide bonds. The molecule has 10 heteroatoms. The van der Waals surface area contributed by atoms with Crippen molar-refractivity contribution in [2.24, 2.45) is 0 Å². The van der Waals surface area contributed by atoms with Gasteiger partial charge in [0.25, 0.3) is 11.8 Å². The number of anilines is 1. The number of ether oxygens (including phenoxy) is 2. The number of thioether (sulfide) groups is 1. The quantitative estimate of drug-likeness (QED) is 0.454. The monoisotopic (exact) mass is 510 g/mol. The molecule has 0 spiro atoms. The molecule has 2 aliphatic rings. The lowest BCUT2D eigenvalue weighted by Crippen LogP contribution is -2.37. The van der Waals surface area contributed by atoms with Crippen LogP contribution in [0.3, 0.4) is 0 Å². The average molecular weight is 511 g/mol. The third kappa shape index (κ3) is 4.08. The molecule has 2 aliphatic heterocycles. The SMILES string of the molecule is COc1ccc(/C=C2\SC(=S)N(C3=C(C)C(C)N(c4ccccc4)C3=O)C2=O)c(C(=O)O)c1OC. The van der Waals surface area contributed by atoms with Crippen LogP contribution in [-0.4, -0.2) is 52.4 Å². The molecule has 0 radical (unpaired) electrons. The Morgan fingerprint density at radius 2 is 1.77 bits per heavy atom. The van der Waals surface area contributed by atoms with Gasteiger partial charge in [-0.25, -0.2) is 4.79 Å². The molecule has 1 unspecified atom stereocenters. The number of aromatic carboxylic acids is 1. The highest BCUT2D eigenvalue weighted by Gasteiger charge is 2.45. The number of nitrogens with zero attached hydrogens (tertiary/aromatic N) is 2. The highest BCUT2D eigenvalue weighted by Crippen LogP contribution is 2.42. The summed E-state index contributed by atoms with van der Waals surface area (Å²) < 4.78 is 10.7. The number of hydrogen-bond acceptors (Lipinski definition) is 7. The van der Waals surface area contributed by atoms with Gasteiger partial charge in [0.1, 0.15) is 11.3 Å². The first-order chi connectivity index (χ1) is 16.7. The number of carbonyl (C=O) groups is 3. The van der Waals surface area contributed by atoms with E-state index in [4.69, 9.17) is 21.7 Å². The summed E-state index contributed by atoms with van der Waals surface area (Å²) in [5, 5.41) is 9.80. The second-order valence-corrected chi connectivity index (χ2v) is 9.48. The predicted octanol–water partition coefficient (Wildman–Crippen LogP) is 4.31. The summed E-state index contributed by atoms with van der Waals surface area (Å²) >= 11 is 6.49. The van der Waals surface area contributed by atoms with Crippen LogP contribution in [-0.2, 0) is 9.59 Å². The first kappa shape index (κ1) is 24.5. The molecule has 0 saturated carbocycles. The van der Waals surface area contributed by atoms with Crippen LogP contribution in [0.4, 0.5) is 5.69 Å². The van der Waals surface area contributed by atoms with E-state index in [1.165, 1.54) is 31.3 Å². The van der Waals surface area contributed by atoms with Crippen LogP contribution >= 0.6 is 24.0 Å². The molecule has 4 rings (SSSR count). The summed E-state index contributed by atoms with van der Waals surface area (Å²) in [4.78, 5) is 42.0. The molecule has 0 bridgehead atoms. The molecule has 2 aromatic carbocycles. The number of carbonyl (C=O) groups excluding carboxylic acids is 2. The van der Waals surface area contributed by atoms with Gasteiger partial charge in [0.05, 0.1) is 25.2 Å². The molecule has 0 aliphatic carbocycles. The van der Waals surface area contributed by atoms with E-state index in [9.17, 15) is 19.5 Å². The van der Waals surface area contributed by atoms with Crippen molar-refractivity contribution in [3.05, 3.63) is 69.8 Å². The van der Waals surface area contributed by atoms with Gasteiger partial charge in [-0.3, -0.25) is 14.5 Å². The van der Waals surface area contributed by atoms with Gasteiger partial charge < -0.3 is 19.5 Å². The Labute approximate surface area is 211 Å². The number of carboxylic acids is 1. The molecule has 1 atom stereocenters. The molecule has 8 nitrogen and oxygen atoms in total. The Morgan fingerprint density at radius 3 is 2.37 bits per heavy atom. The molecule has 0 aromatic heterocycles. The zero-order valence-electron chi connectivity index (χ0n) is 19.4. The Kier molecular flexibility index (Phi) is 6.68. The minimum atomic E-state index is -1.24. The van der Waals surface area contributed by atoms with Crippen molar-refractivity contribution in [1.82, 2.24) is 4.90 Å². The van der Waals surface area contributed by atoms with Crippen LogP contribution in [0.25, 0.3) is 6.08 Å². The number of hydrogen-bond donors (Lipinski definition) is 1. The zero-order valence-corrected chi connectivity index (χ0v) is 21.0. The van der Waals surface area contributed by atoms with E-state index >= 15 is 0 Å². The van der Waals surface area contributed by atoms with Crippen molar-refractivity contribution in [3.8, 4) is 11.5 Å². The van der Waals surface area contributed by atoms with Crippen molar-refractivity contribution >= 4 is 57.8 Å². The van der Waals surface area contributed by atoms with Crippen LogP contribution < -0.4 is 14.4 Å². The number of methoxy groups -OCH3 is 2. The summed E-state index contributed by atoms with van der Waals surface area (Å²) in [5.74, 6) is -1.76. The minimum absolute atomic E-state index is 0.0427. The third-order valence-electron chi connectivity index (χ3n) is 5.94. The normalized spacial score (nSPS) is 19.3. The minimum Gasteiger partial charge on any atom is -0.493 e. The fourth-order valence-corrected chi connectivity index (χ4v) is 5.40. The third-order valence-corrected chi connectivity index (χ3v) is 7.24. The van der Waals surface area contributed by atoms with E-state index in [1.54, 1.807) is 17.9 Å². The van der Waals surface area contributed by atoms with Gasteiger partial charge in [-0.1, -0.05) is 48.2 Å². The summed E-state index contributed by atoms with van der Waals surface area (Å²) in [5.41, 5.74) is 1.76. The maximum Gasteiger partial charge on any atom is 0.340 e. The molecule has 2 aromatic rings. The number of rotatable bonds is 6. The Hall–Kier alpha value is -3.63. The Morgan fingerprint density at radius 1 is 1.09 bits per heavy atom. The molecule has 35 heavy (non-hydrogen) atoms. The zero-order chi connectivity index (χ0) is 25.4. The van der Waals surface area contributed by atoms with Crippen molar-refractivity contribution < 1.29 is 29.0 Å². The summed E-state index contributed by atoms with van der Waals surface area (Å²) in [6.45, 7) is 3.70. The summed E-state index contributed by atoms with van der Waals surface area (Å²) in [7, 11) is 2.75. The molecule has 1 N–H and O–H groups in total. The molecule has 1 saturated heterocycles. The highest BCUT2D eigenvalue weighted by molar-refractivity contribution is 8.26. The smallest absolute Gasteiger partial charge is 0.340 e. The van der Waals surface area contributed by atoms with Gasteiger partial charge in [0, 0.05) is 5.69 Å². The van der Waals surface area contributed by atoms with E-state index in [2.05, 4.69) is 0 Å². The number of thiocarbonyl (C=S) groups is 1. The lowest BCUT2D eigenvalue weighted by molar-refractivity contribution is -0.124. The number of para-hydroxylation sites is 1. The molecule has 1 fully saturated rings. The fourth-order valence-electron chi connectivity index (χ4n) is 4.14. The number of benzene rings is 2. The van der Waals surface area contributed by atoms with Crippen LogP contribution in [0.15, 0.2) is 58.6 Å². The average Bonchev–Trinajstić information content (AvgIpc) is 3.23. The van der Waals surface area contributed by atoms with Gasteiger partial charge in [0.15, 0.2) is 15.8 Å². The van der Waals surface area contributed by atoms with Gasteiger partial charge in [0.2, 0.25) is 0 Å². The van der Waals surface area contributed by atoms with Gasteiger partial charge >= 0.3 is 5.97 Å². The Balaban J connectivity index is 1.73. The van der Waals surface area contributed by atoms with Crippen LogP contribution in [0.2, 0.25) is 0 Å². The first-order valence-electron chi connectivity index (χ1n) is 10.6. The van der Waals surface area contributed by atoms with E-state index in [-0.39, 0.29) is 49.5 Å². The van der Waals surface area contributed by atoms with Crippen molar-refractivity contribution in [2.45, 2.75) is 19.9 Å². The maximum atomic E-state index is 13.4. The molecule has 2 heterocycles. The lowest BCUT2D eigenvalue weighted by atomic mass is 10.0. The summed E-state index contributed by atoms with van der Waals surface area (Å²) in [6.07, 6.45) is 1.44. The van der Waals surface area contributed by atoms with E-state index in [0.29, 0.717) is 5.57 Å². The molecule has 180 valence electrons. The van der Waals surface area contributed by atoms with Crippen LogP contribution in [0.1, 0.15) is 29.8 Å². The molecular formula is C25H22N2O6S2. The van der Waals surface area contributed by atoms with E-state index < -0.39 is 11.9 Å². The van der Waals surface area contributed by atoms with Gasteiger partial charge in [-0.15, -0.1) is 0 Å². The van der Waals surface area contributed by atoms with Crippen molar-refractivity contribution in [1.29, 1.82) is 0 Å². The fraction of sp³-hybridized carbons (Fsp3) is 0.200. The second-order valence-electron chi connectivity index (χ2n) is 7.81. The number of carboxylic acid groups (broad SMARTS) is 1. The highest BCUT2D eigenvalue weighted by atomic mass is 32.2. The van der Waals surface area contributed by atoms with Crippen LogP contribution in [0, 0.1) is 0 Å². The molecular weight excluding hydrogens is 488 g/mol.